The third-order valence-electron chi connectivity index (χ3n) is 6.32. The second kappa shape index (κ2) is 6.87. The van der Waals surface area contributed by atoms with E-state index in [-0.39, 0.29) is 0 Å². The lowest BCUT2D eigenvalue weighted by Gasteiger charge is -2.31. The number of carbonyl (C=O) groups excluding carboxylic acids is 1. The minimum atomic E-state index is 0.413. The number of rotatable bonds is 4. The van der Waals surface area contributed by atoms with Crippen molar-refractivity contribution in [2.75, 3.05) is 6.54 Å². The number of fused-ring (bicyclic) bond motifs is 2. The Balaban J connectivity index is 1.35. The molecular formula is C21H30N2O. The van der Waals surface area contributed by atoms with Crippen molar-refractivity contribution in [3.63, 3.8) is 0 Å². The van der Waals surface area contributed by atoms with E-state index < -0.39 is 0 Å². The monoisotopic (exact) mass is 326 g/mol. The van der Waals surface area contributed by atoms with Crippen molar-refractivity contribution in [3.05, 3.63) is 35.4 Å². The van der Waals surface area contributed by atoms with E-state index in [2.05, 4.69) is 41.4 Å². The summed E-state index contributed by atoms with van der Waals surface area (Å²) in [5.41, 5.74) is 2.67. The van der Waals surface area contributed by atoms with Crippen molar-refractivity contribution >= 4 is 5.91 Å². The fourth-order valence-electron chi connectivity index (χ4n) is 5.08. The van der Waals surface area contributed by atoms with E-state index in [0.717, 1.165) is 25.8 Å². The Morgan fingerprint density at radius 2 is 1.83 bits per heavy atom. The summed E-state index contributed by atoms with van der Waals surface area (Å²) in [5.74, 6) is 1.02. The summed E-state index contributed by atoms with van der Waals surface area (Å²) >= 11 is 0. The Morgan fingerprint density at radius 3 is 2.54 bits per heavy atom. The van der Waals surface area contributed by atoms with Crippen molar-refractivity contribution < 1.29 is 4.79 Å². The van der Waals surface area contributed by atoms with Gasteiger partial charge in [-0.05, 0) is 63.4 Å². The molecule has 130 valence electrons. The zero-order chi connectivity index (χ0) is 16.5. The molecule has 1 amide bonds. The molecule has 0 aliphatic carbocycles. The number of likely N-dealkylation sites (tertiary alicyclic amines) is 1. The van der Waals surface area contributed by atoms with Gasteiger partial charge in [0.1, 0.15) is 0 Å². The van der Waals surface area contributed by atoms with Gasteiger partial charge in [0.05, 0.1) is 0 Å². The zero-order valence-corrected chi connectivity index (χ0v) is 14.8. The van der Waals surface area contributed by atoms with Gasteiger partial charge in [0.15, 0.2) is 0 Å². The first kappa shape index (κ1) is 16.1. The molecule has 3 saturated heterocycles. The number of benzene rings is 1. The van der Waals surface area contributed by atoms with Crippen molar-refractivity contribution in [1.29, 1.82) is 0 Å². The van der Waals surface area contributed by atoms with E-state index in [4.69, 9.17) is 0 Å². The molecule has 3 aliphatic heterocycles. The van der Waals surface area contributed by atoms with Crippen LogP contribution in [0.15, 0.2) is 24.3 Å². The van der Waals surface area contributed by atoms with E-state index >= 15 is 0 Å². The van der Waals surface area contributed by atoms with E-state index in [0.29, 0.717) is 30.0 Å². The zero-order valence-electron chi connectivity index (χ0n) is 14.8. The number of nitrogens with one attached hydrogen (secondary N) is 1. The fourth-order valence-corrected chi connectivity index (χ4v) is 5.08. The second-order valence-electron chi connectivity index (χ2n) is 8.25. The van der Waals surface area contributed by atoms with Crippen LogP contribution in [0.2, 0.25) is 0 Å². The molecule has 24 heavy (non-hydrogen) atoms. The molecule has 3 heteroatoms. The molecule has 3 aliphatic rings. The predicted molar refractivity (Wildman–Crippen MR) is 96.9 cm³/mol. The quantitative estimate of drug-likeness (QED) is 0.919. The molecule has 0 saturated carbocycles. The number of aryl methyl sites for hydroxylation is 1. The van der Waals surface area contributed by atoms with Crippen LogP contribution in [0.25, 0.3) is 0 Å². The molecule has 3 unspecified atom stereocenters. The highest BCUT2D eigenvalue weighted by atomic mass is 16.2. The normalized spacial score (nSPS) is 32.3. The van der Waals surface area contributed by atoms with Gasteiger partial charge in [-0.25, -0.2) is 0 Å². The first-order valence-corrected chi connectivity index (χ1v) is 9.78. The number of carbonyl (C=O) groups is 1. The van der Waals surface area contributed by atoms with E-state index in [9.17, 15) is 4.79 Å². The predicted octanol–water partition coefficient (Wildman–Crippen LogP) is 3.45. The molecular weight excluding hydrogens is 296 g/mol. The number of piperidine rings is 1. The number of hydrogen-bond donors (Lipinski definition) is 1. The summed E-state index contributed by atoms with van der Waals surface area (Å²) < 4.78 is 0. The van der Waals surface area contributed by atoms with Crippen LogP contribution >= 0.6 is 0 Å². The maximum Gasteiger partial charge on any atom is 0.223 e. The highest BCUT2D eigenvalue weighted by Gasteiger charge is 2.36. The van der Waals surface area contributed by atoms with Gasteiger partial charge in [-0.2, -0.15) is 0 Å². The van der Waals surface area contributed by atoms with Crippen LogP contribution in [0.3, 0.4) is 0 Å². The Morgan fingerprint density at radius 1 is 1.12 bits per heavy atom. The average molecular weight is 326 g/mol. The van der Waals surface area contributed by atoms with Crippen LogP contribution in [0.1, 0.15) is 56.1 Å². The number of hydrogen-bond acceptors (Lipinski definition) is 2. The van der Waals surface area contributed by atoms with E-state index in [1.54, 1.807) is 0 Å². The summed E-state index contributed by atoms with van der Waals surface area (Å²) in [5, 5.41) is 3.68. The Hall–Kier alpha value is -1.35. The summed E-state index contributed by atoms with van der Waals surface area (Å²) in [6.45, 7) is 3.09. The van der Waals surface area contributed by atoms with Crippen molar-refractivity contribution in [1.82, 2.24) is 10.2 Å². The Bertz CT molecular complexity index is 570. The van der Waals surface area contributed by atoms with Crippen molar-refractivity contribution in [2.24, 2.45) is 5.92 Å². The lowest BCUT2D eigenvalue weighted by Crippen LogP contribution is -2.42. The highest BCUT2D eigenvalue weighted by Crippen LogP contribution is 2.34. The first-order valence-electron chi connectivity index (χ1n) is 9.78. The SMILES string of the molecule is Cc1ccc(CC2CCCN2C(=O)CC2CC3CCC(C2)N3)cc1. The standard InChI is InChI=1S/C21H30N2O/c1-15-4-6-16(7-5-15)13-20-3-2-10-23(20)21(24)14-17-11-18-8-9-19(12-17)22-18/h4-7,17-20,22H,2-3,8-14H2,1H3. The van der Waals surface area contributed by atoms with Crippen LogP contribution in [-0.2, 0) is 11.2 Å². The minimum absolute atomic E-state index is 0.413. The lowest BCUT2D eigenvalue weighted by molar-refractivity contribution is -0.133. The highest BCUT2D eigenvalue weighted by molar-refractivity contribution is 5.77. The smallest absolute Gasteiger partial charge is 0.223 e. The fraction of sp³-hybridized carbons (Fsp3) is 0.667. The third-order valence-corrected chi connectivity index (χ3v) is 6.32. The molecule has 3 nitrogen and oxygen atoms in total. The van der Waals surface area contributed by atoms with Gasteiger partial charge in [0, 0.05) is 31.1 Å². The summed E-state index contributed by atoms with van der Waals surface area (Å²) in [6.07, 6.45) is 9.17. The van der Waals surface area contributed by atoms with Gasteiger partial charge >= 0.3 is 0 Å². The molecule has 3 atom stereocenters. The average Bonchev–Trinajstić information content (AvgIpc) is 3.16. The largest absolute Gasteiger partial charge is 0.339 e. The van der Waals surface area contributed by atoms with Crippen LogP contribution in [0.4, 0.5) is 0 Å². The topological polar surface area (TPSA) is 32.3 Å². The minimum Gasteiger partial charge on any atom is -0.339 e. The van der Waals surface area contributed by atoms with Crippen LogP contribution in [0.5, 0.6) is 0 Å². The van der Waals surface area contributed by atoms with Gasteiger partial charge in [0.2, 0.25) is 5.91 Å². The summed E-state index contributed by atoms with van der Waals surface area (Å²) in [4.78, 5) is 15.1. The molecule has 0 aromatic heterocycles. The maximum atomic E-state index is 12.9. The molecule has 3 fully saturated rings. The molecule has 1 aromatic carbocycles. The molecule has 1 N–H and O–H groups in total. The molecule has 2 bridgehead atoms. The summed E-state index contributed by atoms with van der Waals surface area (Å²) in [7, 11) is 0. The molecule has 3 heterocycles. The molecule has 0 spiro atoms. The lowest BCUT2D eigenvalue weighted by atomic mass is 9.89. The molecule has 4 rings (SSSR count). The maximum absolute atomic E-state index is 12.9. The van der Waals surface area contributed by atoms with Crippen LogP contribution in [-0.4, -0.2) is 35.5 Å². The Labute approximate surface area is 145 Å². The second-order valence-corrected chi connectivity index (χ2v) is 8.25. The van der Waals surface area contributed by atoms with Gasteiger partial charge in [0.25, 0.3) is 0 Å². The Kier molecular flexibility index (Phi) is 4.62. The third kappa shape index (κ3) is 3.51. The molecule has 0 radical (unpaired) electrons. The van der Waals surface area contributed by atoms with E-state index in [1.165, 1.54) is 43.2 Å². The number of amides is 1. The van der Waals surface area contributed by atoms with Gasteiger partial charge in [-0.3, -0.25) is 4.79 Å². The van der Waals surface area contributed by atoms with Gasteiger partial charge < -0.3 is 10.2 Å². The molecule has 1 aromatic rings. The van der Waals surface area contributed by atoms with Crippen LogP contribution < -0.4 is 5.32 Å². The number of nitrogens with zero attached hydrogens (tertiary/aromatic N) is 1. The van der Waals surface area contributed by atoms with Gasteiger partial charge in [-0.15, -0.1) is 0 Å². The van der Waals surface area contributed by atoms with Crippen molar-refractivity contribution in [3.8, 4) is 0 Å². The van der Waals surface area contributed by atoms with Crippen LogP contribution in [0, 0.1) is 12.8 Å². The van der Waals surface area contributed by atoms with E-state index in [1.807, 2.05) is 0 Å². The van der Waals surface area contributed by atoms with Gasteiger partial charge in [-0.1, -0.05) is 29.8 Å². The summed E-state index contributed by atoms with van der Waals surface area (Å²) in [6, 6.07) is 10.6. The van der Waals surface area contributed by atoms with Crippen molar-refractivity contribution in [2.45, 2.75) is 76.4 Å². The first-order chi connectivity index (χ1) is 11.7.